The Balaban J connectivity index is 2.58. The number of nitrogens with zero attached hydrogens (tertiary/aromatic N) is 3. The van der Waals surface area contributed by atoms with Crippen molar-refractivity contribution >= 4 is 23.5 Å². The van der Waals surface area contributed by atoms with Crippen LogP contribution in [0.5, 0.6) is 0 Å². The topological polar surface area (TPSA) is 87.2 Å². The van der Waals surface area contributed by atoms with E-state index < -0.39 is 5.54 Å². The Bertz CT molecular complexity index is 597. The third-order valence-corrected chi connectivity index (χ3v) is 3.76. The van der Waals surface area contributed by atoms with Crippen LogP contribution in [0.3, 0.4) is 0 Å². The van der Waals surface area contributed by atoms with E-state index in [2.05, 4.69) is 20.6 Å². The lowest BCUT2D eigenvalue weighted by molar-refractivity contribution is -0.135. The number of aromatic nitrogens is 2. The number of aryl methyl sites for hydroxylation is 1. The van der Waals surface area contributed by atoms with Gasteiger partial charge in [-0.15, -0.1) is 0 Å². The Kier molecular flexibility index (Phi) is 3.85. The largest absolute Gasteiger partial charge is 0.373 e. The molecular formula is C14H21N5O2. The van der Waals surface area contributed by atoms with Crippen LogP contribution in [0.2, 0.25) is 0 Å². The fraction of sp³-hybridized carbons (Fsp3) is 0.571. The minimum Gasteiger partial charge on any atom is -0.373 e. The zero-order chi connectivity index (χ0) is 15.8. The standard InChI is InChI=1S/C14H21N5O2/c1-6-9-16-11(15-5)8(2)12(17-9)19-7-10(20)18-13(21)14(19,3)4/h6-7H2,1-5H3,(H,15,16,17)(H,18,20,21). The van der Waals surface area contributed by atoms with Crippen molar-refractivity contribution in [3.63, 3.8) is 0 Å². The summed E-state index contributed by atoms with van der Waals surface area (Å²) in [4.78, 5) is 34.5. The summed E-state index contributed by atoms with van der Waals surface area (Å²) in [5.41, 5.74) is -0.0199. The van der Waals surface area contributed by atoms with Gasteiger partial charge >= 0.3 is 0 Å². The van der Waals surface area contributed by atoms with Crippen LogP contribution in [0.4, 0.5) is 11.6 Å². The first kappa shape index (κ1) is 15.2. The van der Waals surface area contributed by atoms with Gasteiger partial charge in [-0.2, -0.15) is 0 Å². The van der Waals surface area contributed by atoms with Gasteiger partial charge in [0, 0.05) is 19.0 Å². The molecule has 0 bridgehead atoms. The molecular weight excluding hydrogens is 270 g/mol. The summed E-state index contributed by atoms with van der Waals surface area (Å²) in [6.07, 6.45) is 0.677. The van der Waals surface area contributed by atoms with Gasteiger partial charge in [0.15, 0.2) is 0 Å². The molecule has 0 saturated carbocycles. The zero-order valence-electron chi connectivity index (χ0n) is 13.1. The molecule has 2 heterocycles. The summed E-state index contributed by atoms with van der Waals surface area (Å²) in [5.74, 6) is 1.38. The Morgan fingerprint density at radius 3 is 2.57 bits per heavy atom. The van der Waals surface area contributed by atoms with Crippen LogP contribution in [0.1, 0.15) is 32.2 Å². The predicted molar refractivity (Wildman–Crippen MR) is 80.3 cm³/mol. The van der Waals surface area contributed by atoms with E-state index in [9.17, 15) is 9.59 Å². The molecule has 0 unspecified atom stereocenters. The number of amides is 2. The lowest BCUT2D eigenvalue weighted by atomic mass is 9.98. The summed E-state index contributed by atoms with van der Waals surface area (Å²) in [7, 11) is 1.79. The molecule has 7 nitrogen and oxygen atoms in total. The number of piperazine rings is 1. The van der Waals surface area contributed by atoms with Crippen molar-refractivity contribution in [2.24, 2.45) is 0 Å². The van der Waals surface area contributed by atoms with Crippen molar-refractivity contribution in [2.75, 3.05) is 23.8 Å². The van der Waals surface area contributed by atoms with Crippen molar-refractivity contribution in [3.8, 4) is 0 Å². The van der Waals surface area contributed by atoms with E-state index in [1.165, 1.54) is 0 Å². The van der Waals surface area contributed by atoms with Crippen molar-refractivity contribution in [1.29, 1.82) is 0 Å². The normalized spacial score (nSPS) is 17.7. The molecule has 0 radical (unpaired) electrons. The highest BCUT2D eigenvalue weighted by molar-refractivity contribution is 6.06. The van der Waals surface area contributed by atoms with E-state index in [0.717, 1.165) is 5.56 Å². The van der Waals surface area contributed by atoms with Crippen LogP contribution in [0, 0.1) is 6.92 Å². The van der Waals surface area contributed by atoms with E-state index >= 15 is 0 Å². The second-order valence-electron chi connectivity index (χ2n) is 5.56. The molecule has 1 saturated heterocycles. The SMILES string of the molecule is CCc1nc(NC)c(C)c(N2CC(=O)NC(=O)C2(C)C)n1. The van der Waals surface area contributed by atoms with Gasteiger partial charge in [-0.05, 0) is 20.8 Å². The molecule has 114 valence electrons. The third kappa shape index (κ3) is 2.55. The lowest BCUT2D eigenvalue weighted by Gasteiger charge is -2.41. The summed E-state index contributed by atoms with van der Waals surface area (Å²) in [6, 6.07) is 0. The predicted octanol–water partition coefficient (Wildman–Crippen LogP) is 0.631. The number of imide groups is 1. The summed E-state index contributed by atoms with van der Waals surface area (Å²) in [5, 5.41) is 5.40. The molecule has 1 fully saturated rings. The average Bonchev–Trinajstić information content (AvgIpc) is 2.43. The van der Waals surface area contributed by atoms with Gasteiger partial charge in [0.25, 0.3) is 5.91 Å². The molecule has 0 aliphatic carbocycles. The number of anilines is 2. The highest BCUT2D eigenvalue weighted by Gasteiger charge is 2.42. The van der Waals surface area contributed by atoms with Crippen molar-refractivity contribution in [2.45, 2.75) is 39.7 Å². The van der Waals surface area contributed by atoms with Gasteiger partial charge in [-0.25, -0.2) is 9.97 Å². The molecule has 21 heavy (non-hydrogen) atoms. The first-order chi connectivity index (χ1) is 9.81. The molecule has 2 rings (SSSR count). The van der Waals surface area contributed by atoms with Crippen LogP contribution in [0.15, 0.2) is 0 Å². The van der Waals surface area contributed by atoms with Gasteiger partial charge in [0.2, 0.25) is 5.91 Å². The Morgan fingerprint density at radius 2 is 2.00 bits per heavy atom. The monoisotopic (exact) mass is 291 g/mol. The number of nitrogens with one attached hydrogen (secondary N) is 2. The van der Waals surface area contributed by atoms with E-state index in [1.807, 2.05) is 13.8 Å². The average molecular weight is 291 g/mol. The van der Waals surface area contributed by atoms with Gasteiger partial charge in [0.1, 0.15) is 23.0 Å². The maximum absolute atomic E-state index is 12.1. The van der Waals surface area contributed by atoms with E-state index in [0.29, 0.717) is 23.9 Å². The smallest absolute Gasteiger partial charge is 0.251 e. The molecule has 1 aromatic heterocycles. The Hall–Kier alpha value is -2.18. The Morgan fingerprint density at radius 1 is 1.33 bits per heavy atom. The maximum atomic E-state index is 12.1. The molecule has 7 heteroatoms. The molecule has 2 N–H and O–H groups in total. The van der Waals surface area contributed by atoms with Crippen molar-refractivity contribution in [3.05, 3.63) is 11.4 Å². The number of hydrogen-bond donors (Lipinski definition) is 2. The molecule has 2 amide bonds. The number of carbonyl (C=O) groups is 2. The molecule has 0 spiro atoms. The number of carbonyl (C=O) groups excluding carboxylic acids is 2. The second-order valence-corrected chi connectivity index (χ2v) is 5.56. The highest BCUT2D eigenvalue weighted by atomic mass is 16.2. The van der Waals surface area contributed by atoms with E-state index in [1.54, 1.807) is 25.8 Å². The minimum absolute atomic E-state index is 0.100. The van der Waals surface area contributed by atoms with Crippen LogP contribution in [-0.4, -0.2) is 40.9 Å². The summed E-state index contributed by atoms with van der Waals surface area (Å²) >= 11 is 0. The first-order valence-electron chi connectivity index (χ1n) is 6.98. The summed E-state index contributed by atoms with van der Waals surface area (Å²) < 4.78 is 0. The maximum Gasteiger partial charge on any atom is 0.251 e. The molecule has 1 aliphatic rings. The Labute approximate surface area is 124 Å². The van der Waals surface area contributed by atoms with Crippen molar-refractivity contribution in [1.82, 2.24) is 15.3 Å². The van der Waals surface area contributed by atoms with Gasteiger partial charge in [0.05, 0.1) is 6.54 Å². The molecule has 1 aromatic rings. The summed E-state index contributed by atoms with van der Waals surface area (Å²) in [6.45, 7) is 7.51. The lowest BCUT2D eigenvalue weighted by Crippen LogP contribution is -2.64. The highest BCUT2D eigenvalue weighted by Crippen LogP contribution is 2.30. The van der Waals surface area contributed by atoms with E-state index in [-0.39, 0.29) is 18.4 Å². The van der Waals surface area contributed by atoms with Crippen molar-refractivity contribution < 1.29 is 9.59 Å². The quantitative estimate of drug-likeness (QED) is 0.794. The van der Waals surface area contributed by atoms with Gasteiger partial charge in [-0.1, -0.05) is 6.92 Å². The zero-order valence-corrected chi connectivity index (χ0v) is 13.1. The third-order valence-electron chi connectivity index (χ3n) is 3.76. The number of hydrogen-bond acceptors (Lipinski definition) is 6. The van der Waals surface area contributed by atoms with Crippen LogP contribution in [0.25, 0.3) is 0 Å². The van der Waals surface area contributed by atoms with Crippen LogP contribution >= 0.6 is 0 Å². The van der Waals surface area contributed by atoms with Crippen LogP contribution in [-0.2, 0) is 16.0 Å². The first-order valence-corrected chi connectivity index (χ1v) is 6.98. The van der Waals surface area contributed by atoms with Crippen LogP contribution < -0.4 is 15.5 Å². The fourth-order valence-electron chi connectivity index (χ4n) is 2.34. The molecule has 0 aromatic carbocycles. The van der Waals surface area contributed by atoms with Gasteiger partial charge in [-0.3, -0.25) is 14.9 Å². The van der Waals surface area contributed by atoms with E-state index in [4.69, 9.17) is 0 Å². The number of rotatable bonds is 3. The minimum atomic E-state index is -0.844. The fourth-order valence-corrected chi connectivity index (χ4v) is 2.34. The molecule has 0 atom stereocenters. The molecule has 1 aliphatic heterocycles. The second kappa shape index (κ2) is 5.31. The van der Waals surface area contributed by atoms with Gasteiger partial charge < -0.3 is 10.2 Å².